The number of fused-ring (bicyclic) bond motifs is 1. The van der Waals surface area contributed by atoms with E-state index in [1.54, 1.807) is 20.0 Å². The Hall–Kier alpha value is -7.10. The van der Waals surface area contributed by atoms with E-state index in [2.05, 4.69) is 47.2 Å². The van der Waals surface area contributed by atoms with Crippen molar-refractivity contribution >= 4 is 103 Å². The van der Waals surface area contributed by atoms with Crippen LogP contribution in [0.15, 0.2) is 35.5 Å². The molecule has 0 bridgehead atoms. The van der Waals surface area contributed by atoms with Crippen molar-refractivity contribution in [3.63, 3.8) is 0 Å². The monoisotopic (exact) mass is 1130 g/mol. The first-order chi connectivity index (χ1) is 37.1. The minimum absolute atomic E-state index is 0.0243. The summed E-state index contributed by atoms with van der Waals surface area (Å²) < 4.78 is -0.726. The first kappa shape index (κ1) is 61.7. The number of aromatic amines is 1. The van der Waals surface area contributed by atoms with Crippen molar-refractivity contribution in [3.8, 4) is 0 Å². The van der Waals surface area contributed by atoms with Crippen LogP contribution in [0.25, 0.3) is 10.9 Å². The number of aliphatic imine (C=N–C) groups is 1. The Kier molecular flexibility index (Phi) is 23.4. The highest BCUT2D eigenvalue weighted by Gasteiger charge is 2.42. The Bertz CT molecular complexity index is 2550. The minimum Gasteiger partial charge on any atom is -0.370 e. The van der Waals surface area contributed by atoms with Crippen molar-refractivity contribution in [2.24, 2.45) is 39.6 Å². The molecule has 2 aliphatic heterocycles. The summed E-state index contributed by atoms with van der Waals surface area (Å²) in [6.07, 6.45) is 4.84. The average Bonchev–Trinajstić information content (AvgIpc) is 4.07. The Balaban J connectivity index is 1.53. The number of nitrogens with one attached hydrogen (secondary N) is 8. The SMILES string of the molecule is CC[C@H](C)[C@@H]1NC(=O)[C@H](Cc2c[nH]c3ccccc23)NC(=O)CC2(CCCCC2)SSC[C@@H](C(=O)N2CCC[C@H]2C(=O)N[C@@H](CCCN=C(N)N)C(=O)NCC(N)=O)NC(=O)[C@H](CC(N)=O)NC(=O)C(CCC(N)=O)NC1=O. The fraction of sp³-hybridized carbons (Fsp3) is 0.600. The van der Waals surface area contributed by atoms with E-state index in [1.165, 1.54) is 26.5 Å². The Morgan fingerprint density at radius 1 is 0.821 bits per heavy atom. The van der Waals surface area contributed by atoms with Crippen molar-refractivity contribution in [1.29, 1.82) is 0 Å². The molecule has 1 saturated carbocycles. The molecule has 1 aromatic carbocycles. The largest absolute Gasteiger partial charge is 0.370 e. The molecule has 1 aromatic heterocycles. The van der Waals surface area contributed by atoms with E-state index in [-0.39, 0.29) is 63.3 Å². The molecule has 1 spiro atoms. The minimum atomic E-state index is -1.75. The molecule has 1 unspecified atom stereocenters. The molecule has 428 valence electrons. The van der Waals surface area contributed by atoms with Gasteiger partial charge in [0.05, 0.1) is 13.0 Å². The number of amides is 11. The third-order valence-electron chi connectivity index (χ3n) is 14.1. The van der Waals surface area contributed by atoms with Gasteiger partial charge in [0.1, 0.15) is 42.3 Å². The third-order valence-corrected chi connectivity index (χ3v) is 17.4. The number of guanidine groups is 1. The summed E-state index contributed by atoms with van der Waals surface area (Å²) >= 11 is 0. The van der Waals surface area contributed by atoms with Crippen LogP contribution < -0.4 is 65.9 Å². The second-order valence-corrected chi connectivity index (χ2v) is 22.9. The van der Waals surface area contributed by atoms with E-state index < -0.39 is 137 Å². The van der Waals surface area contributed by atoms with Gasteiger partial charge in [0, 0.05) is 60.0 Å². The van der Waals surface area contributed by atoms with Gasteiger partial charge in [0.25, 0.3) is 0 Å². The Morgan fingerprint density at radius 2 is 1.51 bits per heavy atom. The molecular weight excluding hydrogens is 1050 g/mol. The molecule has 0 radical (unpaired) electrons. The van der Waals surface area contributed by atoms with Crippen LogP contribution in [-0.2, 0) is 59.2 Å². The number of primary amides is 3. The lowest BCUT2D eigenvalue weighted by Gasteiger charge is -2.37. The molecule has 18 N–H and O–H groups in total. The number of H-pyrrole nitrogens is 1. The van der Waals surface area contributed by atoms with Crippen LogP contribution in [0.3, 0.4) is 0 Å². The summed E-state index contributed by atoms with van der Waals surface area (Å²) in [5, 5.41) is 19.4. The van der Waals surface area contributed by atoms with E-state index in [1.807, 2.05) is 24.3 Å². The van der Waals surface area contributed by atoms with Gasteiger partial charge in [0.15, 0.2) is 5.96 Å². The number of carbonyl (C=O) groups excluding carboxylic acids is 11. The molecule has 2 aromatic rings. The van der Waals surface area contributed by atoms with Gasteiger partial charge in [0.2, 0.25) is 65.0 Å². The highest BCUT2D eigenvalue weighted by Crippen LogP contribution is 2.48. The van der Waals surface area contributed by atoms with E-state index in [0.29, 0.717) is 25.7 Å². The van der Waals surface area contributed by atoms with Crippen LogP contribution >= 0.6 is 21.6 Å². The first-order valence-corrected chi connectivity index (χ1v) is 28.6. The second-order valence-electron chi connectivity index (χ2n) is 20.1. The van der Waals surface area contributed by atoms with E-state index in [0.717, 1.165) is 35.7 Å². The number of aromatic nitrogens is 1. The summed E-state index contributed by atoms with van der Waals surface area (Å²) in [6.45, 7) is 3.14. The summed E-state index contributed by atoms with van der Waals surface area (Å²) in [5.41, 5.74) is 28.8. The van der Waals surface area contributed by atoms with Gasteiger partial charge in [-0.2, -0.15) is 0 Å². The number of hydrogen-bond donors (Lipinski definition) is 13. The molecule has 3 aliphatic rings. The lowest BCUT2D eigenvalue weighted by molar-refractivity contribution is -0.142. The maximum atomic E-state index is 14.9. The van der Waals surface area contributed by atoms with E-state index >= 15 is 0 Å². The second kappa shape index (κ2) is 29.6. The number of carbonyl (C=O) groups is 11. The van der Waals surface area contributed by atoms with Gasteiger partial charge in [-0.1, -0.05) is 79.3 Å². The van der Waals surface area contributed by atoms with Crippen molar-refractivity contribution < 1.29 is 52.7 Å². The van der Waals surface area contributed by atoms with Gasteiger partial charge in [-0.15, -0.1) is 0 Å². The van der Waals surface area contributed by atoms with Gasteiger partial charge in [-0.05, 0) is 62.5 Å². The molecule has 8 atom stereocenters. The number of hydrogen-bond acceptors (Lipinski definition) is 14. The van der Waals surface area contributed by atoms with Crippen LogP contribution in [0, 0.1) is 5.92 Å². The first-order valence-electron chi connectivity index (χ1n) is 26.3. The molecule has 5 rings (SSSR count). The van der Waals surface area contributed by atoms with E-state index in [9.17, 15) is 52.7 Å². The van der Waals surface area contributed by atoms with Gasteiger partial charge < -0.3 is 75.8 Å². The lowest BCUT2D eigenvalue weighted by Crippen LogP contribution is -2.61. The zero-order valence-corrected chi connectivity index (χ0v) is 45.7. The smallest absolute Gasteiger partial charge is 0.246 e. The molecule has 28 heteroatoms. The van der Waals surface area contributed by atoms with Crippen LogP contribution in [-0.4, -0.2) is 153 Å². The van der Waals surface area contributed by atoms with Crippen molar-refractivity contribution in [3.05, 3.63) is 36.0 Å². The number of para-hydroxylation sites is 1. The maximum absolute atomic E-state index is 14.9. The van der Waals surface area contributed by atoms with E-state index in [4.69, 9.17) is 28.7 Å². The topological polar surface area (TPSA) is 433 Å². The molecule has 2 saturated heterocycles. The molecule has 3 heterocycles. The molecular formula is C50H75N15O11S2. The van der Waals surface area contributed by atoms with Gasteiger partial charge >= 0.3 is 0 Å². The summed E-state index contributed by atoms with van der Waals surface area (Å²) in [7, 11) is 2.54. The predicted octanol–water partition coefficient (Wildman–Crippen LogP) is -2.06. The number of nitrogens with two attached hydrogens (primary N) is 5. The van der Waals surface area contributed by atoms with Crippen LogP contribution in [0.4, 0.5) is 0 Å². The fourth-order valence-electron chi connectivity index (χ4n) is 9.72. The van der Waals surface area contributed by atoms with Crippen LogP contribution in [0.1, 0.15) is 109 Å². The zero-order chi connectivity index (χ0) is 57.1. The summed E-state index contributed by atoms with van der Waals surface area (Å²) in [4.78, 5) is 159. The molecule has 1 aliphatic carbocycles. The fourth-order valence-corrected chi connectivity index (χ4v) is 13.1. The number of rotatable bonds is 19. The van der Waals surface area contributed by atoms with Crippen molar-refractivity contribution in [2.75, 3.05) is 25.4 Å². The Labute approximate surface area is 459 Å². The number of likely N-dealkylation sites (tertiary alicyclic amines) is 1. The van der Waals surface area contributed by atoms with Gasteiger partial charge in [-0.25, -0.2) is 0 Å². The number of benzene rings is 1. The standard InChI is InChI=1S/C50H75N15O11S2/c1-3-27(2)41-47(75)61-32(15-16-37(51)66)43(71)62-34(22-38(52)67)44(72)63-35(48(76)65-20-10-14-36(65)46(74)60-31(13-9-19-56-49(54)55)42(70)58-25-39(53)68)26-77-78-50(17-7-4-8-18-50)23-40(69)59-33(45(73)64-41)21-28-24-57-30-12-6-5-11-29(28)30/h5-6,11-12,24,27,31-36,41,57H,3-4,7-10,13-23,25-26H2,1-2H3,(H2,51,66)(H2,52,67)(H2,53,68)(H,58,70)(H,59,69)(H,60,74)(H,61,75)(H,62,71)(H,63,72)(H,64,73)(H4,54,55,56)/t27-,31-,32?,33-,34-,35-,36-,41-/m0/s1. The summed E-state index contributed by atoms with van der Waals surface area (Å²) in [6, 6.07) is -2.17. The lowest BCUT2D eigenvalue weighted by atomic mass is 9.85. The molecule has 3 fully saturated rings. The third kappa shape index (κ3) is 18.3. The van der Waals surface area contributed by atoms with Crippen LogP contribution in [0.5, 0.6) is 0 Å². The maximum Gasteiger partial charge on any atom is 0.246 e. The number of nitrogens with zero attached hydrogens (tertiary/aromatic N) is 2. The molecule has 11 amide bonds. The highest BCUT2D eigenvalue weighted by atomic mass is 33.1. The highest BCUT2D eigenvalue weighted by molar-refractivity contribution is 8.77. The zero-order valence-electron chi connectivity index (χ0n) is 44.0. The Morgan fingerprint density at radius 3 is 2.19 bits per heavy atom. The molecule has 78 heavy (non-hydrogen) atoms. The summed E-state index contributed by atoms with van der Waals surface area (Å²) in [5.74, 6) is -9.80. The molecule has 26 nitrogen and oxygen atoms in total. The average molecular weight is 1130 g/mol. The van der Waals surface area contributed by atoms with Crippen LogP contribution in [0.2, 0.25) is 0 Å². The quantitative estimate of drug-likeness (QED) is 0.0311. The van der Waals surface area contributed by atoms with Crippen molar-refractivity contribution in [1.82, 2.24) is 47.1 Å². The normalized spacial score (nSPS) is 23.5. The predicted molar refractivity (Wildman–Crippen MR) is 293 cm³/mol. The van der Waals surface area contributed by atoms with Crippen molar-refractivity contribution in [2.45, 2.75) is 157 Å². The van der Waals surface area contributed by atoms with Gasteiger partial charge in [-0.3, -0.25) is 57.7 Å².